The lowest BCUT2D eigenvalue weighted by molar-refractivity contribution is 0.528. The zero-order valence-electron chi connectivity index (χ0n) is 12.9. The summed E-state index contributed by atoms with van der Waals surface area (Å²) in [4.78, 5) is 8.54. The van der Waals surface area contributed by atoms with Gasteiger partial charge in [-0.05, 0) is 41.9 Å². The highest BCUT2D eigenvalue weighted by atomic mass is 79.9. The topological polar surface area (TPSA) is 88.5 Å². The highest BCUT2D eigenvalue weighted by Crippen LogP contribution is 2.29. The Kier molecular flexibility index (Phi) is 4.92. The van der Waals surface area contributed by atoms with Crippen molar-refractivity contribution in [1.29, 1.82) is 5.26 Å². The van der Waals surface area contributed by atoms with Crippen molar-refractivity contribution in [3.63, 3.8) is 0 Å². The van der Waals surface area contributed by atoms with Crippen LogP contribution in [0.4, 0.5) is 0 Å². The van der Waals surface area contributed by atoms with Crippen LogP contribution in [-0.4, -0.2) is 20.2 Å². The minimum absolute atomic E-state index is 0.433. The SMILES string of the molecule is Cc1nc(C)c(C#N)c(SCc2nnc(-c3ccccc3Br)o2)n1. The molecule has 0 unspecified atom stereocenters. The van der Waals surface area contributed by atoms with Crippen molar-refractivity contribution >= 4 is 27.7 Å². The molecule has 0 saturated heterocycles. The number of benzene rings is 1. The van der Waals surface area contributed by atoms with Gasteiger partial charge in [0.2, 0.25) is 11.8 Å². The smallest absolute Gasteiger partial charge is 0.248 e. The zero-order chi connectivity index (χ0) is 17.1. The molecule has 3 rings (SSSR count). The molecule has 2 aromatic heterocycles. The molecule has 0 N–H and O–H groups in total. The normalized spacial score (nSPS) is 10.6. The number of thioether (sulfide) groups is 1. The van der Waals surface area contributed by atoms with Gasteiger partial charge in [-0.25, -0.2) is 9.97 Å². The molecule has 0 fully saturated rings. The third-order valence-electron chi connectivity index (χ3n) is 3.18. The van der Waals surface area contributed by atoms with Crippen molar-refractivity contribution in [2.75, 3.05) is 0 Å². The second-order valence-corrected chi connectivity index (χ2v) is 6.74. The zero-order valence-corrected chi connectivity index (χ0v) is 15.3. The van der Waals surface area contributed by atoms with Crippen LogP contribution in [0.3, 0.4) is 0 Å². The summed E-state index contributed by atoms with van der Waals surface area (Å²) >= 11 is 4.85. The number of nitriles is 1. The van der Waals surface area contributed by atoms with Gasteiger partial charge in [-0.1, -0.05) is 23.9 Å². The highest BCUT2D eigenvalue weighted by Gasteiger charge is 2.14. The van der Waals surface area contributed by atoms with Crippen LogP contribution in [0.15, 0.2) is 38.2 Å². The molecule has 24 heavy (non-hydrogen) atoms. The van der Waals surface area contributed by atoms with Gasteiger partial charge in [0.25, 0.3) is 0 Å². The average Bonchev–Trinajstić information content (AvgIpc) is 3.01. The lowest BCUT2D eigenvalue weighted by atomic mass is 10.2. The third-order valence-corrected chi connectivity index (χ3v) is 4.84. The van der Waals surface area contributed by atoms with Gasteiger partial charge in [0.1, 0.15) is 22.5 Å². The van der Waals surface area contributed by atoms with E-state index in [4.69, 9.17) is 4.42 Å². The van der Waals surface area contributed by atoms with Crippen LogP contribution in [0.25, 0.3) is 11.5 Å². The predicted octanol–water partition coefficient (Wildman–Crippen LogP) is 4.07. The van der Waals surface area contributed by atoms with Gasteiger partial charge in [-0.15, -0.1) is 10.2 Å². The van der Waals surface area contributed by atoms with Crippen LogP contribution in [-0.2, 0) is 5.75 Å². The summed E-state index contributed by atoms with van der Waals surface area (Å²) in [5, 5.41) is 18.0. The van der Waals surface area contributed by atoms with Crippen molar-refractivity contribution in [2.45, 2.75) is 24.6 Å². The van der Waals surface area contributed by atoms with Gasteiger partial charge in [0, 0.05) is 4.47 Å². The Morgan fingerprint density at radius 1 is 1.21 bits per heavy atom. The fraction of sp³-hybridized carbons (Fsp3) is 0.188. The molecule has 8 heteroatoms. The van der Waals surface area contributed by atoms with Gasteiger partial charge >= 0.3 is 0 Å². The van der Waals surface area contributed by atoms with Crippen LogP contribution in [0.1, 0.15) is 23.0 Å². The van der Waals surface area contributed by atoms with Crippen LogP contribution < -0.4 is 0 Å². The molecular weight excluding hydrogens is 390 g/mol. The van der Waals surface area contributed by atoms with Crippen molar-refractivity contribution in [2.24, 2.45) is 0 Å². The molecule has 2 heterocycles. The maximum Gasteiger partial charge on any atom is 0.248 e. The largest absolute Gasteiger partial charge is 0.420 e. The first kappa shape index (κ1) is 16.6. The Morgan fingerprint density at radius 3 is 2.75 bits per heavy atom. The number of halogens is 1. The van der Waals surface area contributed by atoms with Gasteiger partial charge in [0.05, 0.1) is 17.0 Å². The summed E-state index contributed by atoms with van der Waals surface area (Å²) < 4.78 is 6.60. The Labute approximate surface area is 151 Å². The van der Waals surface area contributed by atoms with Gasteiger partial charge in [0.15, 0.2) is 0 Å². The van der Waals surface area contributed by atoms with Crippen LogP contribution in [0.5, 0.6) is 0 Å². The monoisotopic (exact) mass is 401 g/mol. The molecule has 0 atom stereocenters. The quantitative estimate of drug-likeness (QED) is 0.480. The van der Waals surface area contributed by atoms with E-state index in [1.165, 1.54) is 11.8 Å². The second-order valence-electron chi connectivity index (χ2n) is 4.92. The minimum Gasteiger partial charge on any atom is -0.420 e. The van der Waals surface area contributed by atoms with Gasteiger partial charge in [-0.3, -0.25) is 0 Å². The van der Waals surface area contributed by atoms with Crippen molar-refractivity contribution in [3.8, 4) is 17.5 Å². The molecule has 3 aromatic rings. The Balaban J connectivity index is 1.80. The summed E-state index contributed by atoms with van der Waals surface area (Å²) in [6.07, 6.45) is 0. The summed E-state index contributed by atoms with van der Waals surface area (Å²) in [5.41, 5.74) is 2.00. The molecule has 0 aliphatic carbocycles. The number of rotatable bonds is 4. The number of hydrogen-bond donors (Lipinski definition) is 0. The van der Waals surface area contributed by atoms with Crippen LogP contribution >= 0.6 is 27.7 Å². The third kappa shape index (κ3) is 3.47. The molecule has 0 aliphatic rings. The number of aryl methyl sites for hydroxylation is 2. The average molecular weight is 402 g/mol. The standard InChI is InChI=1S/C16H12BrN5OS/c1-9-12(7-18)16(20-10(2)19-9)24-8-14-21-22-15(23-14)11-5-3-4-6-13(11)17/h3-6H,8H2,1-2H3. The molecule has 0 saturated carbocycles. The van der Waals surface area contributed by atoms with Crippen LogP contribution in [0.2, 0.25) is 0 Å². The van der Waals surface area contributed by atoms with Gasteiger partial charge < -0.3 is 4.42 Å². The molecule has 6 nitrogen and oxygen atoms in total. The molecule has 0 bridgehead atoms. The predicted molar refractivity (Wildman–Crippen MR) is 93.2 cm³/mol. The maximum absolute atomic E-state index is 9.27. The molecule has 1 aromatic carbocycles. The van der Waals surface area contributed by atoms with E-state index >= 15 is 0 Å². The number of hydrogen-bond acceptors (Lipinski definition) is 7. The molecular formula is C16H12BrN5OS. The van der Waals surface area contributed by atoms with E-state index in [1.54, 1.807) is 13.8 Å². The first-order valence-electron chi connectivity index (χ1n) is 7.04. The van der Waals surface area contributed by atoms with Crippen molar-refractivity contribution < 1.29 is 4.42 Å². The van der Waals surface area contributed by atoms with Gasteiger partial charge in [-0.2, -0.15) is 5.26 Å². The van der Waals surface area contributed by atoms with E-state index in [1.807, 2.05) is 24.3 Å². The summed E-state index contributed by atoms with van der Waals surface area (Å²) in [6, 6.07) is 9.79. The van der Waals surface area contributed by atoms with E-state index in [0.29, 0.717) is 39.6 Å². The maximum atomic E-state index is 9.27. The molecule has 0 radical (unpaired) electrons. The lowest BCUT2D eigenvalue weighted by Gasteiger charge is -2.04. The molecule has 0 aliphatic heterocycles. The van der Waals surface area contributed by atoms with E-state index in [-0.39, 0.29) is 0 Å². The summed E-state index contributed by atoms with van der Waals surface area (Å²) in [5.74, 6) is 1.99. The second kappa shape index (κ2) is 7.11. The molecule has 120 valence electrons. The Bertz CT molecular complexity index is 934. The Morgan fingerprint density at radius 2 is 2.00 bits per heavy atom. The number of nitrogens with zero attached hydrogens (tertiary/aromatic N) is 5. The van der Waals surface area contributed by atoms with Crippen molar-refractivity contribution in [3.05, 3.63) is 51.7 Å². The fourth-order valence-corrected chi connectivity index (χ4v) is 3.47. The first-order valence-corrected chi connectivity index (χ1v) is 8.81. The molecule has 0 spiro atoms. The highest BCUT2D eigenvalue weighted by molar-refractivity contribution is 9.10. The van der Waals surface area contributed by atoms with Crippen LogP contribution in [0, 0.1) is 25.2 Å². The summed E-state index contributed by atoms with van der Waals surface area (Å²) in [6.45, 7) is 3.60. The first-order chi connectivity index (χ1) is 11.6. The van der Waals surface area contributed by atoms with E-state index < -0.39 is 0 Å². The minimum atomic E-state index is 0.433. The number of aromatic nitrogens is 4. The fourth-order valence-electron chi connectivity index (χ4n) is 2.10. The summed E-state index contributed by atoms with van der Waals surface area (Å²) in [7, 11) is 0. The van der Waals surface area contributed by atoms with E-state index in [2.05, 4.69) is 42.2 Å². The molecule has 0 amide bonds. The van der Waals surface area contributed by atoms with E-state index in [9.17, 15) is 5.26 Å². The van der Waals surface area contributed by atoms with Crippen molar-refractivity contribution in [1.82, 2.24) is 20.2 Å². The Hall–Kier alpha value is -2.24. The lowest BCUT2D eigenvalue weighted by Crippen LogP contribution is -1.99. The van der Waals surface area contributed by atoms with E-state index in [0.717, 1.165) is 10.0 Å².